The van der Waals surface area contributed by atoms with Gasteiger partial charge < -0.3 is 14.7 Å². The molecule has 0 aliphatic carbocycles. The molecule has 96 valence electrons. The van der Waals surface area contributed by atoms with Crippen molar-refractivity contribution in [3.05, 3.63) is 23.8 Å². The first-order valence-corrected chi connectivity index (χ1v) is 5.09. The number of benzene rings is 1. The van der Waals surface area contributed by atoms with Crippen LogP contribution < -0.4 is 9.47 Å². The molecule has 6 heteroatoms. The standard InChI is InChI=1S/C12H13NO5/c1-7(13-16)12(15)10-6-9(17-3)4-5-11(10)18-8(2)14/h4-6,16H,1-3H3. The van der Waals surface area contributed by atoms with Gasteiger partial charge in [-0.1, -0.05) is 5.16 Å². The highest BCUT2D eigenvalue weighted by atomic mass is 16.5. The molecule has 1 rings (SSSR count). The molecule has 1 aromatic rings. The van der Waals surface area contributed by atoms with Crippen LogP contribution in [0.3, 0.4) is 0 Å². The fourth-order valence-electron chi connectivity index (χ4n) is 1.30. The Hall–Kier alpha value is -2.37. The second kappa shape index (κ2) is 5.81. The summed E-state index contributed by atoms with van der Waals surface area (Å²) in [4.78, 5) is 22.8. The summed E-state index contributed by atoms with van der Waals surface area (Å²) in [6.07, 6.45) is 0. The van der Waals surface area contributed by atoms with Gasteiger partial charge in [-0.05, 0) is 25.1 Å². The van der Waals surface area contributed by atoms with Gasteiger partial charge in [0.25, 0.3) is 0 Å². The number of nitrogens with zero attached hydrogens (tertiary/aromatic N) is 1. The van der Waals surface area contributed by atoms with Crippen molar-refractivity contribution in [1.82, 2.24) is 0 Å². The van der Waals surface area contributed by atoms with E-state index in [-0.39, 0.29) is 17.0 Å². The maximum atomic E-state index is 11.9. The third-order valence-electron chi connectivity index (χ3n) is 2.16. The van der Waals surface area contributed by atoms with E-state index in [2.05, 4.69) is 5.16 Å². The van der Waals surface area contributed by atoms with E-state index in [1.54, 1.807) is 6.07 Å². The minimum atomic E-state index is -0.548. The van der Waals surface area contributed by atoms with Crippen molar-refractivity contribution in [2.75, 3.05) is 7.11 Å². The molecule has 0 fully saturated rings. The number of oxime groups is 1. The Morgan fingerprint density at radius 1 is 1.28 bits per heavy atom. The molecule has 0 aromatic heterocycles. The number of carbonyl (C=O) groups is 2. The lowest BCUT2D eigenvalue weighted by Gasteiger charge is -2.09. The lowest BCUT2D eigenvalue weighted by atomic mass is 10.1. The second-order valence-corrected chi connectivity index (χ2v) is 3.47. The predicted molar refractivity (Wildman–Crippen MR) is 63.5 cm³/mol. The van der Waals surface area contributed by atoms with Gasteiger partial charge in [-0.25, -0.2) is 0 Å². The topological polar surface area (TPSA) is 85.2 Å². The largest absolute Gasteiger partial charge is 0.497 e. The van der Waals surface area contributed by atoms with Crippen molar-refractivity contribution >= 4 is 17.5 Å². The first kappa shape index (κ1) is 13.7. The van der Waals surface area contributed by atoms with Crippen molar-refractivity contribution in [2.24, 2.45) is 5.16 Å². The minimum absolute atomic E-state index is 0.0938. The summed E-state index contributed by atoms with van der Waals surface area (Å²) in [6.45, 7) is 2.57. The van der Waals surface area contributed by atoms with Gasteiger partial charge in [0.2, 0.25) is 5.78 Å². The summed E-state index contributed by atoms with van der Waals surface area (Å²) in [5.41, 5.74) is -0.0171. The summed E-state index contributed by atoms with van der Waals surface area (Å²) in [5.74, 6) is -0.572. The van der Waals surface area contributed by atoms with Gasteiger partial charge in [0.05, 0.1) is 12.7 Å². The van der Waals surface area contributed by atoms with Crippen LogP contribution in [-0.4, -0.2) is 29.8 Å². The SMILES string of the molecule is COc1ccc(OC(C)=O)c(C(=O)C(C)=NO)c1. The Morgan fingerprint density at radius 2 is 1.94 bits per heavy atom. The monoisotopic (exact) mass is 251 g/mol. The summed E-state index contributed by atoms with van der Waals surface area (Å²) < 4.78 is 9.89. The molecule has 18 heavy (non-hydrogen) atoms. The third-order valence-corrected chi connectivity index (χ3v) is 2.16. The quantitative estimate of drug-likeness (QED) is 0.219. The van der Waals surface area contributed by atoms with E-state index in [1.165, 1.54) is 33.1 Å². The normalized spacial score (nSPS) is 10.9. The molecule has 0 aliphatic rings. The molecule has 1 aromatic carbocycles. The van der Waals surface area contributed by atoms with Crippen LogP contribution in [0, 0.1) is 0 Å². The second-order valence-electron chi connectivity index (χ2n) is 3.47. The van der Waals surface area contributed by atoms with E-state index in [0.717, 1.165) is 0 Å². The number of hydrogen-bond donors (Lipinski definition) is 1. The number of methoxy groups -OCH3 is 1. The number of hydrogen-bond acceptors (Lipinski definition) is 6. The molecular formula is C12H13NO5. The van der Waals surface area contributed by atoms with Crippen LogP contribution in [0.2, 0.25) is 0 Å². The van der Waals surface area contributed by atoms with Gasteiger partial charge >= 0.3 is 5.97 Å². The fraction of sp³-hybridized carbons (Fsp3) is 0.250. The highest BCUT2D eigenvalue weighted by molar-refractivity contribution is 6.45. The number of carbonyl (C=O) groups excluding carboxylic acids is 2. The van der Waals surface area contributed by atoms with Crippen molar-refractivity contribution < 1.29 is 24.3 Å². The lowest BCUT2D eigenvalue weighted by molar-refractivity contribution is -0.131. The zero-order valence-corrected chi connectivity index (χ0v) is 10.3. The Kier molecular flexibility index (Phi) is 4.42. The molecule has 0 spiro atoms. The van der Waals surface area contributed by atoms with Crippen molar-refractivity contribution in [1.29, 1.82) is 0 Å². The average Bonchev–Trinajstić information content (AvgIpc) is 2.36. The number of rotatable bonds is 4. The molecule has 0 unspecified atom stereocenters. The molecule has 0 radical (unpaired) electrons. The zero-order chi connectivity index (χ0) is 13.7. The predicted octanol–water partition coefficient (Wildman–Crippen LogP) is 1.65. The molecule has 0 heterocycles. The number of ether oxygens (including phenoxy) is 2. The lowest BCUT2D eigenvalue weighted by Crippen LogP contribution is -2.14. The summed E-state index contributed by atoms with van der Waals surface area (Å²) in [7, 11) is 1.45. The van der Waals surface area contributed by atoms with Crippen molar-refractivity contribution in [2.45, 2.75) is 13.8 Å². The van der Waals surface area contributed by atoms with Crippen LogP contribution in [0.25, 0.3) is 0 Å². The molecule has 0 saturated carbocycles. The Bertz CT molecular complexity index is 507. The zero-order valence-electron chi connectivity index (χ0n) is 10.3. The van der Waals surface area contributed by atoms with Crippen molar-refractivity contribution in [3.8, 4) is 11.5 Å². The van der Waals surface area contributed by atoms with Crippen LogP contribution in [0.1, 0.15) is 24.2 Å². The van der Waals surface area contributed by atoms with E-state index in [0.29, 0.717) is 5.75 Å². The molecular weight excluding hydrogens is 238 g/mol. The van der Waals surface area contributed by atoms with Gasteiger partial charge in [0.1, 0.15) is 17.2 Å². The molecule has 1 N–H and O–H groups in total. The van der Waals surface area contributed by atoms with Crippen molar-refractivity contribution in [3.63, 3.8) is 0 Å². The summed E-state index contributed by atoms with van der Waals surface area (Å²) in [6, 6.07) is 4.41. The van der Waals surface area contributed by atoms with E-state index in [1.807, 2.05) is 0 Å². The minimum Gasteiger partial charge on any atom is -0.497 e. The molecule has 0 atom stereocenters. The fourth-order valence-corrected chi connectivity index (χ4v) is 1.30. The van der Waals surface area contributed by atoms with E-state index in [4.69, 9.17) is 14.7 Å². The van der Waals surface area contributed by atoms with Gasteiger partial charge in [-0.2, -0.15) is 0 Å². The van der Waals surface area contributed by atoms with Gasteiger partial charge in [-0.15, -0.1) is 0 Å². The van der Waals surface area contributed by atoms with E-state index < -0.39 is 11.8 Å². The van der Waals surface area contributed by atoms with Crippen LogP contribution in [0.15, 0.2) is 23.4 Å². The molecule has 0 aliphatic heterocycles. The molecule has 0 saturated heterocycles. The highest BCUT2D eigenvalue weighted by Crippen LogP contribution is 2.25. The molecule has 0 bridgehead atoms. The first-order chi connectivity index (χ1) is 8.49. The maximum Gasteiger partial charge on any atom is 0.308 e. The maximum absolute atomic E-state index is 11.9. The Balaban J connectivity index is 3.27. The van der Waals surface area contributed by atoms with Crippen LogP contribution in [0.5, 0.6) is 11.5 Å². The highest BCUT2D eigenvalue weighted by Gasteiger charge is 2.18. The van der Waals surface area contributed by atoms with Gasteiger partial charge in [-0.3, -0.25) is 9.59 Å². The van der Waals surface area contributed by atoms with E-state index in [9.17, 15) is 9.59 Å². The van der Waals surface area contributed by atoms with Crippen LogP contribution in [0.4, 0.5) is 0 Å². The Morgan fingerprint density at radius 3 is 2.44 bits per heavy atom. The summed E-state index contributed by atoms with van der Waals surface area (Å²) >= 11 is 0. The van der Waals surface area contributed by atoms with Gasteiger partial charge in [0, 0.05) is 6.92 Å². The third kappa shape index (κ3) is 3.07. The van der Waals surface area contributed by atoms with Crippen LogP contribution in [-0.2, 0) is 4.79 Å². The molecule has 0 amide bonds. The van der Waals surface area contributed by atoms with Gasteiger partial charge in [0.15, 0.2) is 0 Å². The summed E-state index contributed by atoms with van der Waals surface area (Å²) in [5, 5.41) is 11.4. The number of Topliss-reactive ketones (excluding diaryl/α,β-unsaturated/α-hetero) is 1. The van der Waals surface area contributed by atoms with E-state index >= 15 is 0 Å². The molecule has 6 nitrogen and oxygen atoms in total. The number of esters is 1. The average molecular weight is 251 g/mol. The first-order valence-electron chi connectivity index (χ1n) is 5.09. The smallest absolute Gasteiger partial charge is 0.308 e. The number of ketones is 1. The Labute approximate surface area is 104 Å². The van der Waals surface area contributed by atoms with Crippen LogP contribution >= 0.6 is 0 Å².